The third-order valence-electron chi connectivity index (χ3n) is 4.08. The fraction of sp³-hybridized carbons (Fsp3) is 0.714. The minimum Gasteiger partial charge on any atom is -0.376 e. The van der Waals surface area contributed by atoms with Crippen LogP contribution in [0, 0.1) is 5.82 Å². The Morgan fingerprint density at radius 2 is 2.24 bits per heavy atom. The van der Waals surface area contributed by atoms with E-state index in [9.17, 15) is 4.39 Å². The third-order valence-corrected chi connectivity index (χ3v) is 4.08. The molecule has 0 aliphatic carbocycles. The first kappa shape index (κ1) is 14.5. The number of rotatable bonds is 3. The Kier molecular flexibility index (Phi) is 3.95. The molecule has 0 saturated carbocycles. The zero-order valence-electron chi connectivity index (χ0n) is 12.7. The number of morpholine rings is 1. The average Bonchev–Trinajstić information content (AvgIpc) is 2.82. The van der Waals surface area contributed by atoms with Crippen LogP contribution in [0.1, 0.15) is 13.3 Å². The van der Waals surface area contributed by atoms with Crippen molar-refractivity contribution in [1.29, 1.82) is 0 Å². The normalized spacial score (nSPS) is 29.2. The molecule has 0 aromatic carbocycles. The largest absolute Gasteiger partial charge is 0.376 e. The fourth-order valence-electron chi connectivity index (χ4n) is 3.07. The number of nitrogens with zero attached hydrogens (tertiary/aromatic N) is 4. The van der Waals surface area contributed by atoms with Gasteiger partial charge in [-0.05, 0) is 13.3 Å². The SMILES string of the molecule is C[C@H]1CN2C[C@@H](Nc3ncc(F)c(N(C)C)n3)C[C@H]2CO1. The van der Waals surface area contributed by atoms with Gasteiger partial charge in [-0.1, -0.05) is 0 Å². The summed E-state index contributed by atoms with van der Waals surface area (Å²) in [6, 6.07) is 0.747. The van der Waals surface area contributed by atoms with Crippen LogP contribution in [0.2, 0.25) is 0 Å². The molecule has 2 fully saturated rings. The highest BCUT2D eigenvalue weighted by atomic mass is 19.1. The summed E-state index contributed by atoms with van der Waals surface area (Å²) in [4.78, 5) is 12.4. The molecule has 2 saturated heterocycles. The molecule has 0 radical (unpaired) electrons. The summed E-state index contributed by atoms with van der Waals surface area (Å²) in [5.74, 6) is 0.385. The molecule has 3 heterocycles. The molecule has 0 unspecified atom stereocenters. The first-order chi connectivity index (χ1) is 10.0. The van der Waals surface area contributed by atoms with Crippen molar-refractivity contribution in [3.8, 4) is 0 Å². The van der Waals surface area contributed by atoms with Crippen molar-refractivity contribution in [1.82, 2.24) is 14.9 Å². The fourth-order valence-corrected chi connectivity index (χ4v) is 3.07. The molecule has 1 aromatic heterocycles. The lowest BCUT2D eigenvalue weighted by molar-refractivity contribution is -0.0390. The molecule has 6 nitrogen and oxygen atoms in total. The number of hydrogen-bond donors (Lipinski definition) is 1. The van der Waals surface area contributed by atoms with Gasteiger partial charge in [0.25, 0.3) is 0 Å². The second kappa shape index (κ2) is 5.73. The minimum atomic E-state index is -0.406. The van der Waals surface area contributed by atoms with E-state index in [1.807, 2.05) is 0 Å². The Labute approximate surface area is 124 Å². The maximum Gasteiger partial charge on any atom is 0.225 e. The second-order valence-corrected chi connectivity index (χ2v) is 6.09. The number of nitrogens with one attached hydrogen (secondary N) is 1. The summed E-state index contributed by atoms with van der Waals surface area (Å²) in [7, 11) is 3.54. The van der Waals surface area contributed by atoms with E-state index in [1.165, 1.54) is 6.20 Å². The highest BCUT2D eigenvalue weighted by molar-refractivity contribution is 5.42. The number of halogens is 1. The van der Waals surface area contributed by atoms with E-state index in [-0.39, 0.29) is 6.04 Å². The van der Waals surface area contributed by atoms with E-state index in [4.69, 9.17) is 4.74 Å². The van der Waals surface area contributed by atoms with Gasteiger partial charge < -0.3 is 15.0 Å². The maximum atomic E-state index is 13.6. The van der Waals surface area contributed by atoms with Crippen molar-refractivity contribution >= 4 is 11.8 Å². The van der Waals surface area contributed by atoms with Gasteiger partial charge in [0.05, 0.1) is 18.9 Å². The van der Waals surface area contributed by atoms with Crippen LogP contribution in [0.3, 0.4) is 0 Å². The Balaban J connectivity index is 1.66. The van der Waals surface area contributed by atoms with Crippen LogP contribution in [0.4, 0.5) is 16.2 Å². The monoisotopic (exact) mass is 295 g/mol. The average molecular weight is 295 g/mol. The van der Waals surface area contributed by atoms with Gasteiger partial charge in [0.15, 0.2) is 11.6 Å². The van der Waals surface area contributed by atoms with Gasteiger partial charge in [0, 0.05) is 39.3 Å². The maximum absolute atomic E-state index is 13.6. The molecule has 3 rings (SSSR count). The number of ether oxygens (including phenoxy) is 1. The molecule has 7 heteroatoms. The minimum absolute atomic E-state index is 0.282. The summed E-state index contributed by atoms with van der Waals surface area (Å²) in [6.45, 7) is 4.81. The molecule has 1 N–H and O–H groups in total. The Morgan fingerprint density at radius 3 is 3.00 bits per heavy atom. The van der Waals surface area contributed by atoms with Crippen LogP contribution in [-0.4, -0.2) is 66.8 Å². The molecule has 2 aliphatic heterocycles. The molecule has 2 aliphatic rings. The molecule has 21 heavy (non-hydrogen) atoms. The zero-order valence-corrected chi connectivity index (χ0v) is 12.7. The molecule has 0 amide bonds. The third kappa shape index (κ3) is 3.08. The highest BCUT2D eigenvalue weighted by Gasteiger charge is 2.36. The predicted molar refractivity (Wildman–Crippen MR) is 79.1 cm³/mol. The molecular weight excluding hydrogens is 273 g/mol. The summed E-state index contributed by atoms with van der Waals surface area (Å²) in [6.07, 6.45) is 2.52. The highest BCUT2D eigenvalue weighted by Crippen LogP contribution is 2.25. The summed E-state index contributed by atoms with van der Waals surface area (Å²) in [5.41, 5.74) is 0. The summed E-state index contributed by atoms with van der Waals surface area (Å²) >= 11 is 0. The van der Waals surface area contributed by atoms with Gasteiger partial charge in [-0.3, -0.25) is 4.90 Å². The molecule has 0 spiro atoms. The van der Waals surface area contributed by atoms with Crippen molar-refractivity contribution in [3.63, 3.8) is 0 Å². The first-order valence-electron chi connectivity index (χ1n) is 7.35. The van der Waals surface area contributed by atoms with Gasteiger partial charge in [-0.2, -0.15) is 4.98 Å². The number of anilines is 2. The Morgan fingerprint density at radius 1 is 1.43 bits per heavy atom. The lowest BCUT2D eigenvalue weighted by Gasteiger charge is -2.33. The van der Waals surface area contributed by atoms with Crippen molar-refractivity contribution in [3.05, 3.63) is 12.0 Å². The van der Waals surface area contributed by atoms with Crippen LogP contribution >= 0.6 is 0 Å². The topological polar surface area (TPSA) is 53.5 Å². The zero-order chi connectivity index (χ0) is 15.0. The standard InChI is InChI=1S/C14H22FN5O/c1-9-6-20-7-10(4-11(20)8-21-9)17-14-16-5-12(15)13(18-14)19(2)3/h5,9-11H,4,6-8H2,1-3H3,(H,16,17,18)/t9-,10-,11-/m0/s1. The van der Waals surface area contributed by atoms with Gasteiger partial charge in [0.2, 0.25) is 5.95 Å². The van der Waals surface area contributed by atoms with Crippen LogP contribution < -0.4 is 10.2 Å². The van der Waals surface area contributed by atoms with Gasteiger partial charge in [0.1, 0.15) is 0 Å². The van der Waals surface area contributed by atoms with Crippen molar-refractivity contribution in [2.75, 3.05) is 44.0 Å². The van der Waals surface area contributed by atoms with Crippen LogP contribution in [0.25, 0.3) is 0 Å². The first-order valence-corrected chi connectivity index (χ1v) is 7.35. The van der Waals surface area contributed by atoms with Crippen molar-refractivity contribution in [2.45, 2.75) is 31.5 Å². The summed E-state index contributed by atoms with van der Waals surface area (Å²) in [5, 5.41) is 3.32. The molecular formula is C14H22FN5O. The quantitative estimate of drug-likeness (QED) is 0.896. The van der Waals surface area contributed by atoms with E-state index >= 15 is 0 Å². The van der Waals surface area contributed by atoms with Crippen LogP contribution in [-0.2, 0) is 4.74 Å². The smallest absolute Gasteiger partial charge is 0.225 e. The Bertz CT molecular complexity index is 512. The number of aromatic nitrogens is 2. The van der Waals surface area contributed by atoms with Crippen molar-refractivity contribution < 1.29 is 9.13 Å². The van der Waals surface area contributed by atoms with Gasteiger partial charge in [-0.25, -0.2) is 9.37 Å². The van der Waals surface area contributed by atoms with Crippen LogP contribution in [0.5, 0.6) is 0 Å². The summed E-state index contributed by atoms with van der Waals surface area (Å²) < 4.78 is 19.3. The van der Waals surface area contributed by atoms with E-state index in [2.05, 4.69) is 27.1 Å². The van der Waals surface area contributed by atoms with E-state index in [0.29, 0.717) is 23.9 Å². The lowest BCUT2D eigenvalue weighted by Crippen LogP contribution is -2.45. The van der Waals surface area contributed by atoms with Gasteiger partial charge in [-0.15, -0.1) is 0 Å². The molecule has 3 atom stereocenters. The van der Waals surface area contributed by atoms with E-state index in [1.54, 1.807) is 19.0 Å². The second-order valence-electron chi connectivity index (χ2n) is 6.09. The van der Waals surface area contributed by atoms with Crippen molar-refractivity contribution in [2.24, 2.45) is 0 Å². The van der Waals surface area contributed by atoms with Gasteiger partial charge >= 0.3 is 0 Å². The Hall–Kier alpha value is -1.47. The lowest BCUT2D eigenvalue weighted by atomic mass is 10.1. The molecule has 116 valence electrons. The number of hydrogen-bond acceptors (Lipinski definition) is 6. The van der Waals surface area contributed by atoms with E-state index < -0.39 is 5.82 Å². The van der Waals surface area contributed by atoms with E-state index in [0.717, 1.165) is 26.1 Å². The molecule has 0 bridgehead atoms. The van der Waals surface area contributed by atoms with Crippen LogP contribution in [0.15, 0.2) is 6.20 Å². The predicted octanol–water partition coefficient (Wildman–Crippen LogP) is 0.955. The molecule has 1 aromatic rings. The number of fused-ring (bicyclic) bond motifs is 1.